The zero-order valence-corrected chi connectivity index (χ0v) is 8.78. The maximum atomic E-state index is 3.13. The van der Waals surface area contributed by atoms with E-state index in [0.717, 1.165) is 6.42 Å². The molecule has 0 aromatic rings. The number of hydrogen-bond donors (Lipinski definition) is 0. The maximum absolute atomic E-state index is 3.13. The van der Waals surface area contributed by atoms with Gasteiger partial charge in [0, 0.05) is 12.3 Å². The first-order chi connectivity index (χ1) is 5.48. The van der Waals surface area contributed by atoms with E-state index in [1.54, 1.807) is 0 Å². The predicted molar refractivity (Wildman–Crippen MR) is 54.5 cm³/mol. The first-order valence-corrected chi connectivity index (χ1v) is 4.47. The summed E-state index contributed by atoms with van der Waals surface area (Å²) in [5.41, 5.74) is 0.265. The standard InChI is InChI=1S/C12H18/c1-6-7-8-9-10-11(2)12(3,4)5/h11H,6H2,1-5H3. The molecule has 1 unspecified atom stereocenters. The molecule has 0 heteroatoms. The lowest BCUT2D eigenvalue weighted by Crippen LogP contribution is -2.15. The second kappa shape index (κ2) is 4.89. The minimum atomic E-state index is 0.265. The van der Waals surface area contributed by atoms with Crippen molar-refractivity contribution in [2.24, 2.45) is 11.3 Å². The SMILES string of the molecule is CCC#CC#CC(C)C(C)(C)C. The Morgan fingerprint density at radius 3 is 2.17 bits per heavy atom. The molecule has 0 bridgehead atoms. The molecule has 0 saturated carbocycles. The molecular formula is C12H18. The van der Waals surface area contributed by atoms with Crippen molar-refractivity contribution in [3.63, 3.8) is 0 Å². The van der Waals surface area contributed by atoms with Gasteiger partial charge in [-0.1, -0.05) is 46.5 Å². The third-order valence-electron chi connectivity index (χ3n) is 1.92. The fourth-order valence-corrected chi connectivity index (χ4v) is 0.493. The predicted octanol–water partition coefficient (Wildman–Crippen LogP) is 3.09. The quantitative estimate of drug-likeness (QED) is 0.480. The summed E-state index contributed by atoms with van der Waals surface area (Å²) < 4.78 is 0. The Bertz CT molecular complexity index is 231. The Hall–Kier alpha value is -0.880. The van der Waals surface area contributed by atoms with E-state index in [0.29, 0.717) is 5.92 Å². The Morgan fingerprint density at radius 1 is 1.17 bits per heavy atom. The van der Waals surface area contributed by atoms with Crippen LogP contribution >= 0.6 is 0 Å². The van der Waals surface area contributed by atoms with Crippen LogP contribution in [0.1, 0.15) is 41.0 Å². The molecule has 0 aliphatic rings. The fourth-order valence-electron chi connectivity index (χ4n) is 0.493. The van der Waals surface area contributed by atoms with E-state index in [1.807, 2.05) is 6.92 Å². The highest BCUT2D eigenvalue weighted by Gasteiger charge is 2.17. The zero-order chi connectivity index (χ0) is 9.61. The largest absolute Gasteiger partial charge is 0.0894 e. The third kappa shape index (κ3) is 4.86. The van der Waals surface area contributed by atoms with Crippen molar-refractivity contribution in [2.75, 3.05) is 0 Å². The smallest absolute Gasteiger partial charge is 0.0233 e. The molecule has 66 valence electrons. The molecule has 0 aromatic carbocycles. The van der Waals surface area contributed by atoms with E-state index in [2.05, 4.69) is 51.4 Å². The lowest BCUT2D eigenvalue weighted by Gasteiger charge is -2.21. The summed E-state index contributed by atoms with van der Waals surface area (Å²) >= 11 is 0. The molecule has 0 spiro atoms. The average Bonchev–Trinajstić information content (AvgIpc) is 1.96. The van der Waals surface area contributed by atoms with Gasteiger partial charge >= 0.3 is 0 Å². The first kappa shape index (κ1) is 11.1. The Morgan fingerprint density at radius 2 is 1.75 bits per heavy atom. The van der Waals surface area contributed by atoms with E-state index in [1.165, 1.54) is 0 Å². The van der Waals surface area contributed by atoms with E-state index >= 15 is 0 Å². The van der Waals surface area contributed by atoms with Crippen molar-refractivity contribution in [3.8, 4) is 23.7 Å². The van der Waals surface area contributed by atoms with Crippen molar-refractivity contribution >= 4 is 0 Å². The summed E-state index contributed by atoms with van der Waals surface area (Å²) in [4.78, 5) is 0. The minimum absolute atomic E-state index is 0.265. The molecule has 1 atom stereocenters. The van der Waals surface area contributed by atoms with Crippen LogP contribution in [0.25, 0.3) is 0 Å². The molecule has 0 rings (SSSR count). The maximum Gasteiger partial charge on any atom is 0.0233 e. The van der Waals surface area contributed by atoms with Gasteiger partial charge in [0.05, 0.1) is 0 Å². The van der Waals surface area contributed by atoms with Gasteiger partial charge in [0.1, 0.15) is 0 Å². The molecule has 0 heterocycles. The Kier molecular flexibility index (Phi) is 4.53. The van der Waals surface area contributed by atoms with Crippen molar-refractivity contribution in [1.82, 2.24) is 0 Å². The summed E-state index contributed by atoms with van der Waals surface area (Å²) in [5, 5.41) is 0. The first-order valence-electron chi connectivity index (χ1n) is 4.47. The number of hydrogen-bond acceptors (Lipinski definition) is 0. The molecule has 0 saturated heterocycles. The lowest BCUT2D eigenvalue weighted by atomic mass is 9.83. The third-order valence-corrected chi connectivity index (χ3v) is 1.92. The van der Waals surface area contributed by atoms with Gasteiger partial charge in [0.2, 0.25) is 0 Å². The Labute approximate surface area is 76.8 Å². The van der Waals surface area contributed by atoms with Gasteiger partial charge in [-0.2, -0.15) is 0 Å². The molecule has 0 amide bonds. The fraction of sp³-hybridized carbons (Fsp3) is 0.667. The van der Waals surface area contributed by atoms with Gasteiger partial charge in [-0.25, -0.2) is 0 Å². The average molecular weight is 162 g/mol. The van der Waals surface area contributed by atoms with E-state index in [9.17, 15) is 0 Å². The summed E-state index contributed by atoms with van der Waals surface area (Å²) in [7, 11) is 0. The van der Waals surface area contributed by atoms with Crippen LogP contribution in [0.2, 0.25) is 0 Å². The summed E-state index contributed by atoms with van der Waals surface area (Å²) in [5.74, 6) is 12.2. The molecule has 0 radical (unpaired) electrons. The summed E-state index contributed by atoms with van der Waals surface area (Å²) in [6.45, 7) is 10.8. The van der Waals surface area contributed by atoms with Crippen LogP contribution in [0.5, 0.6) is 0 Å². The van der Waals surface area contributed by atoms with Crippen LogP contribution in [0.15, 0.2) is 0 Å². The molecule has 0 fully saturated rings. The monoisotopic (exact) mass is 162 g/mol. The second-order valence-electron chi connectivity index (χ2n) is 4.01. The highest BCUT2D eigenvalue weighted by molar-refractivity contribution is 5.26. The van der Waals surface area contributed by atoms with Gasteiger partial charge < -0.3 is 0 Å². The summed E-state index contributed by atoms with van der Waals surface area (Å²) in [6, 6.07) is 0. The minimum Gasteiger partial charge on any atom is -0.0894 e. The van der Waals surface area contributed by atoms with E-state index in [4.69, 9.17) is 0 Å². The zero-order valence-electron chi connectivity index (χ0n) is 8.78. The molecule has 0 aliphatic heterocycles. The van der Waals surface area contributed by atoms with E-state index in [-0.39, 0.29) is 5.41 Å². The molecule has 12 heavy (non-hydrogen) atoms. The van der Waals surface area contributed by atoms with Gasteiger partial charge in [-0.15, -0.1) is 0 Å². The van der Waals surface area contributed by atoms with Crippen LogP contribution in [-0.2, 0) is 0 Å². The second-order valence-corrected chi connectivity index (χ2v) is 4.01. The van der Waals surface area contributed by atoms with Crippen molar-refractivity contribution in [2.45, 2.75) is 41.0 Å². The van der Waals surface area contributed by atoms with Crippen LogP contribution in [0.3, 0.4) is 0 Å². The van der Waals surface area contributed by atoms with Crippen molar-refractivity contribution < 1.29 is 0 Å². The van der Waals surface area contributed by atoms with Gasteiger partial charge in [0.15, 0.2) is 0 Å². The lowest BCUT2D eigenvalue weighted by molar-refractivity contribution is 0.324. The van der Waals surface area contributed by atoms with Crippen molar-refractivity contribution in [1.29, 1.82) is 0 Å². The highest BCUT2D eigenvalue weighted by Crippen LogP contribution is 2.23. The van der Waals surface area contributed by atoms with Crippen molar-refractivity contribution in [3.05, 3.63) is 0 Å². The van der Waals surface area contributed by atoms with E-state index < -0.39 is 0 Å². The van der Waals surface area contributed by atoms with Crippen LogP contribution in [-0.4, -0.2) is 0 Å². The Balaban J connectivity index is 4.14. The molecule has 0 aliphatic carbocycles. The molecule has 0 aromatic heterocycles. The van der Waals surface area contributed by atoms with Gasteiger partial charge in [-0.05, 0) is 17.3 Å². The number of rotatable bonds is 0. The van der Waals surface area contributed by atoms with Crippen LogP contribution in [0.4, 0.5) is 0 Å². The summed E-state index contributed by atoms with van der Waals surface area (Å²) in [6.07, 6.45) is 0.887. The molecule has 0 nitrogen and oxygen atoms in total. The molecular weight excluding hydrogens is 144 g/mol. The normalized spacial score (nSPS) is 12.1. The highest BCUT2D eigenvalue weighted by atomic mass is 14.2. The topological polar surface area (TPSA) is 0 Å². The van der Waals surface area contributed by atoms with Gasteiger partial charge in [-0.3, -0.25) is 0 Å². The van der Waals surface area contributed by atoms with Crippen LogP contribution in [0, 0.1) is 35.0 Å². The van der Waals surface area contributed by atoms with Crippen LogP contribution < -0.4 is 0 Å². The van der Waals surface area contributed by atoms with Gasteiger partial charge in [0.25, 0.3) is 0 Å². The molecule has 0 N–H and O–H groups in total.